The quantitative estimate of drug-likeness (QED) is 0.733. The standard InChI is InChI=1S/C10H11N3O/c1-3-8(14)10-9-7(4-5-11-10)6(2)12-13-9/h4-5H,3H2,1-2H3,(H,12,13). The van der Waals surface area contributed by atoms with E-state index >= 15 is 0 Å². The maximum absolute atomic E-state index is 11.5. The molecule has 2 heterocycles. The Labute approximate surface area is 81.4 Å². The van der Waals surface area contributed by atoms with E-state index in [-0.39, 0.29) is 5.78 Å². The monoisotopic (exact) mass is 189 g/mol. The van der Waals surface area contributed by atoms with Gasteiger partial charge in [-0.25, -0.2) is 0 Å². The first kappa shape index (κ1) is 8.87. The van der Waals surface area contributed by atoms with Gasteiger partial charge < -0.3 is 0 Å². The van der Waals surface area contributed by atoms with Crippen molar-refractivity contribution in [1.82, 2.24) is 15.2 Å². The van der Waals surface area contributed by atoms with Gasteiger partial charge in [-0.05, 0) is 13.0 Å². The molecule has 2 aromatic rings. The molecule has 0 atom stereocenters. The molecule has 0 amide bonds. The average molecular weight is 189 g/mol. The molecule has 0 radical (unpaired) electrons. The number of carbonyl (C=O) groups excluding carboxylic acids is 1. The third-order valence-electron chi connectivity index (χ3n) is 2.25. The van der Waals surface area contributed by atoms with Crippen LogP contribution in [0.1, 0.15) is 29.5 Å². The smallest absolute Gasteiger partial charge is 0.183 e. The highest BCUT2D eigenvalue weighted by atomic mass is 16.1. The van der Waals surface area contributed by atoms with Crippen LogP contribution in [0.15, 0.2) is 12.3 Å². The molecule has 0 spiro atoms. The highest BCUT2D eigenvalue weighted by molar-refractivity contribution is 6.05. The minimum Gasteiger partial charge on any atom is -0.292 e. The Morgan fingerprint density at radius 1 is 1.57 bits per heavy atom. The predicted octanol–water partition coefficient (Wildman–Crippen LogP) is 1.86. The number of aryl methyl sites for hydroxylation is 1. The zero-order valence-corrected chi connectivity index (χ0v) is 8.16. The number of carbonyl (C=O) groups is 1. The molecule has 4 nitrogen and oxygen atoms in total. The van der Waals surface area contributed by atoms with Crippen LogP contribution in [-0.2, 0) is 0 Å². The lowest BCUT2D eigenvalue weighted by molar-refractivity contribution is 0.0985. The van der Waals surface area contributed by atoms with Gasteiger partial charge in [-0.2, -0.15) is 5.10 Å². The number of pyridine rings is 1. The molecule has 0 aliphatic heterocycles. The summed E-state index contributed by atoms with van der Waals surface area (Å²) in [5.74, 6) is 0.0297. The van der Waals surface area contributed by atoms with Crippen molar-refractivity contribution < 1.29 is 4.79 Å². The van der Waals surface area contributed by atoms with Crippen molar-refractivity contribution in [1.29, 1.82) is 0 Å². The van der Waals surface area contributed by atoms with Crippen molar-refractivity contribution in [3.05, 3.63) is 23.7 Å². The Morgan fingerprint density at radius 3 is 3.07 bits per heavy atom. The molecule has 0 unspecified atom stereocenters. The molecule has 72 valence electrons. The van der Waals surface area contributed by atoms with Crippen LogP contribution in [0.25, 0.3) is 10.9 Å². The SMILES string of the molecule is CCC(=O)c1nccc2c(C)[nH]nc12. The van der Waals surface area contributed by atoms with Gasteiger partial charge in [0.05, 0.1) is 0 Å². The summed E-state index contributed by atoms with van der Waals surface area (Å²) in [5, 5.41) is 7.90. The van der Waals surface area contributed by atoms with E-state index in [9.17, 15) is 4.79 Å². The fourth-order valence-corrected chi connectivity index (χ4v) is 1.44. The van der Waals surface area contributed by atoms with Crippen LogP contribution < -0.4 is 0 Å². The van der Waals surface area contributed by atoms with E-state index in [4.69, 9.17) is 0 Å². The largest absolute Gasteiger partial charge is 0.292 e. The van der Waals surface area contributed by atoms with Gasteiger partial charge in [0.1, 0.15) is 11.2 Å². The number of nitrogens with zero attached hydrogens (tertiary/aromatic N) is 2. The molecule has 0 saturated carbocycles. The Morgan fingerprint density at radius 2 is 2.36 bits per heavy atom. The first-order valence-corrected chi connectivity index (χ1v) is 4.57. The van der Waals surface area contributed by atoms with Crippen LogP contribution in [-0.4, -0.2) is 21.0 Å². The van der Waals surface area contributed by atoms with Crippen LogP contribution >= 0.6 is 0 Å². The van der Waals surface area contributed by atoms with E-state index in [1.807, 2.05) is 19.9 Å². The highest BCUT2D eigenvalue weighted by Crippen LogP contribution is 2.17. The van der Waals surface area contributed by atoms with Crippen molar-refractivity contribution >= 4 is 16.7 Å². The molecule has 0 fully saturated rings. The van der Waals surface area contributed by atoms with E-state index < -0.39 is 0 Å². The molecular weight excluding hydrogens is 178 g/mol. The molecule has 0 saturated heterocycles. The summed E-state index contributed by atoms with van der Waals surface area (Å²) >= 11 is 0. The summed E-state index contributed by atoms with van der Waals surface area (Å²) in [6.45, 7) is 3.75. The van der Waals surface area contributed by atoms with Crippen molar-refractivity contribution in [2.75, 3.05) is 0 Å². The molecular formula is C10H11N3O. The zero-order valence-electron chi connectivity index (χ0n) is 8.16. The lowest BCUT2D eigenvalue weighted by atomic mass is 10.1. The minimum absolute atomic E-state index is 0.0297. The normalized spacial score (nSPS) is 10.7. The molecule has 0 aliphatic rings. The number of hydrogen-bond donors (Lipinski definition) is 1. The first-order chi connectivity index (χ1) is 6.74. The molecule has 0 bridgehead atoms. The number of aromatic nitrogens is 3. The number of fused-ring (bicyclic) bond motifs is 1. The lowest BCUT2D eigenvalue weighted by Gasteiger charge is -1.96. The molecule has 4 heteroatoms. The fourth-order valence-electron chi connectivity index (χ4n) is 1.44. The number of nitrogens with one attached hydrogen (secondary N) is 1. The van der Waals surface area contributed by atoms with E-state index in [0.717, 1.165) is 11.1 Å². The summed E-state index contributed by atoms with van der Waals surface area (Å²) in [7, 11) is 0. The van der Waals surface area contributed by atoms with Crippen molar-refractivity contribution in [3.8, 4) is 0 Å². The minimum atomic E-state index is 0.0297. The van der Waals surface area contributed by atoms with Crippen LogP contribution in [0.3, 0.4) is 0 Å². The van der Waals surface area contributed by atoms with Crippen molar-refractivity contribution in [3.63, 3.8) is 0 Å². The van der Waals surface area contributed by atoms with Gasteiger partial charge >= 0.3 is 0 Å². The number of Topliss-reactive ketones (excluding diaryl/α,β-unsaturated/α-hetero) is 1. The third-order valence-corrected chi connectivity index (χ3v) is 2.25. The van der Waals surface area contributed by atoms with Gasteiger partial charge in [0, 0.05) is 23.7 Å². The van der Waals surface area contributed by atoms with E-state index in [1.165, 1.54) is 0 Å². The molecule has 2 aromatic heterocycles. The number of rotatable bonds is 2. The second kappa shape index (κ2) is 3.21. The van der Waals surface area contributed by atoms with Gasteiger partial charge in [-0.15, -0.1) is 0 Å². The summed E-state index contributed by atoms with van der Waals surface area (Å²) in [6.07, 6.45) is 2.10. The maximum atomic E-state index is 11.5. The Kier molecular flexibility index (Phi) is 2.04. The number of aromatic amines is 1. The summed E-state index contributed by atoms with van der Waals surface area (Å²) in [6, 6.07) is 1.86. The second-order valence-corrected chi connectivity index (χ2v) is 3.18. The predicted molar refractivity (Wildman–Crippen MR) is 53.2 cm³/mol. The van der Waals surface area contributed by atoms with Crippen molar-refractivity contribution in [2.45, 2.75) is 20.3 Å². The summed E-state index contributed by atoms with van der Waals surface area (Å²) in [4.78, 5) is 15.6. The van der Waals surface area contributed by atoms with Gasteiger partial charge in [-0.1, -0.05) is 6.92 Å². The van der Waals surface area contributed by atoms with Gasteiger partial charge in [0.25, 0.3) is 0 Å². The maximum Gasteiger partial charge on any atom is 0.183 e. The van der Waals surface area contributed by atoms with Crippen LogP contribution in [0, 0.1) is 6.92 Å². The topological polar surface area (TPSA) is 58.6 Å². The lowest BCUT2D eigenvalue weighted by Crippen LogP contribution is -2.00. The Bertz CT molecular complexity index is 487. The highest BCUT2D eigenvalue weighted by Gasteiger charge is 2.12. The van der Waals surface area contributed by atoms with E-state index in [2.05, 4.69) is 15.2 Å². The summed E-state index contributed by atoms with van der Waals surface area (Å²) in [5.41, 5.74) is 2.11. The molecule has 0 aliphatic carbocycles. The van der Waals surface area contributed by atoms with E-state index in [1.54, 1.807) is 6.20 Å². The number of hydrogen-bond acceptors (Lipinski definition) is 3. The second-order valence-electron chi connectivity index (χ2n) is 3.18. The molecule has 0 aromatic carbocycles. The van der Waals surface area contributed by atoms with Gasteiger partial charge in [0.2, 0.25) is 0 Å². The van der Waals surface area contributed by atoms with Crippen LogP contribution in [0.5, 0.6) is 0 Å². The van der Waals surface area contributed by atoms with E-state index in [0.29, 0.717) is 17.6 Å². The summed E-state index contributed by atoms with van der Waals surface area (Å²) < 4.78 is 0. The van der Waals surface area contributed by atoms with Gasteiger partial charge in [-0.3, -0.25) is 14.9 Å². The van der Waals surface area contributed by atoms with Gasteiger partial charge in [0.15, 0.2) is 5.78 Å². The van der Waals surface area contributed by atoms with Crippen molar-refractivity contribution in [2.24, 2.45) is 0 Å². The Hall–Kier alpha value is -1.71. The number of ketones is 1. The number of H-pyrrole nitrogens is 1. The first-order valence-electron chi connectivity index (χ1n) is 4.57. The molecule has 14 heavy (non-hydrogen) atoms. The fraction of sp³-hybridized carbons (Fsp3) is 0.300. The van der Waals surface area contributed by atoms with Crippen LogP contribution in [0.2, 0.25) is 0 Å². The third kappa shape index (κ3) is 1.19. The Balaban J connectivity index is 2.71. The average Bonchev–Trinajstić information content (AvgIpc) is 2.59. The molecule has 1 N–H and O–H groups in total. The molecule has 2 rings (SSSR count). The van der Waals surface area contributed by atoms with Crippen LogP contribution in [0.4, 0.5) is 0 Å². The zero-order chi connectivity index (χ0) is 10.1.